The monoisotopic (exact) mass is 168 g/mol. The summed E-state index contributed by atoms with van der Waals surface area (Å²) in [6.07, 6.45) is 2.40. The van der Waals surface area contributed by atoms with E-state index in [1.165, 1.54) is 0 Å². The Morgan fingerprint density at radius 3 is 2.67 bits per heavy atom. The van der Waals surface area contributed by atoms with Crippen LogP contribution in [0, 0.1) is 24.0 Å². The van der Waals surface area contributed by atoms with E-state index in [0.717, 1.165) is 16.8 Å². The molecular weight excluding hydrogens is 156 g/mol. The van der Waals surface area contributed by atoms with Crippen LogP contribution in [0.1, 0.15) is 16.8 Å². The summed E-state index contributed by atoms with van der Waals surface area (Å²) in [5.41, 5.74) is 3.22. The van der Waals surface area contributed by atoms with Gasteiger partial charge in [-0.25, -0.2) is 0 Å². The van der Waals surface area contributed by atoms with E-state index in [-0.39, 0.29) is 11.5 Å². The Morgan fingerprint density at radius 1 is 1.58 bits per heavy atom. The number of aryl methyl sites for hydroxylation is 2. The standard InChI is InChI=1S/C8H12N2O2/c1-6-5-9-7(2)8(6)3-4-10(11)12/h5,9H,3-4H2,1-2H3. The van der Waals surface area contributed by atoms with Crippen molar-refractivity contribution < 1.29 is 4.92 Å². The van der Waals surface area contributed by atoms with Gasteiger partial charge in [0.05, 0.1) is 0 Å². The highest BCUT2D eigenvalue weighted by atomic mass is 16.6. The largest absolute Gasteiger partial charge is 0.365 e. The summed E-state index contributed by atoms with van der Waals surface area (Å²) in [6, 6.07) is 0. The number of hydrogen-bond acceptors (Lipinski definition) is 2. The van der Waals surface area contributed by atoms with Gasteiger partial charge in [-0.15, -0.1) is 0 Å². The average Bonchev–Trinajstić information content (AvgIpc) is 2.28. The van der Waals surface area contributed by atoms with E-state index in [0.29, 0.717) is 6.42 Å². The van der Waals surface area contributed by atoms with Gasteiger partial charge in [0.25, 0.3) is 0 Å². The second-order valence-corrected chi connectivity index (χ2v) is 2.88. The molecule has 66 valence electrons. The molecule has 0 amide bonds. The molecule has 1 heterocycles. The lowest BCUT2D eigenvalue weighted by Gasteiger charge is -1.97. The molecule has 1 N–H and O–H groups in total. The Morgan fingerprint density at radius 2 is 2.25 bits per heavy atom. The van der Waals surface area contributed by atoms with Crippen LogP contribution in [0.2, 0.25) is 0 Å². The van der Waals surface area contributed by atoms with Crippen molar-refractivity contribution in [2.45, 2.75) is 20.3 Å². The summed E-state index contributed by atoms with van der Waals surface area (Å²) in [5.74, 6) is 0. The number of aromatic amines is 1. The highest BCUT2D eigenvalue weighted by Crippen LogP contribution is 2.12. The van der Waals surface area contributed by atoms with E-state index in [4.69, 9.17) is 0 Å². The van der Waals surface area contributed by atoms with E-state index >= 15 is 0 Å². The van der Waals surface area contributed by atoms with Crippen LogP contribution in [0.25, 0.3) is 0 Å². The summed E-state index contributed by atoms with van der Waals surface area (Å²) >= 11 is 0. The average molecular weight is 168 g/mol. The first-order chi connectivity index (χ1) is 5.61. The maximum atomic E-state index is 10.1. The number of nitrogens with zero attached hydrogens (tertiary/aromatic N) is 1. The minimum absolute atomic E-state index is 0.0134. The first-order valence-electron chi connectivity index (χ1n) is 3.86. The predicted octanol–water partition coefficient (Wildman–Crippen LogP) is 1.45. The molecule has 0 unspecified atom stereocenters. The molecule has 1 aromatic heterocycles. The SMILES string of the molecule is Cc1c[nH]c(C)c1CC[N+](=O)[O-]. The predicted molar refractivity (Wildman–Crippen MR) is 45.8 cm³/mol. The Hall–Kier alpha value is -1.32. The van der Waals surface area contributed by atoms with Gasteiger partial charge in [0, 0.05) is 23.2 Å². The van der Waals surface area contributed by atoms with E-state index in [1.54, 1.807) is 0 Å². The minimum Gasteiger partial charge on any atom is -0.365 e. The fourth-order valence-corrected chi connectivity index (χ4v) is 1.27. The number of nitro groups is 1. The first kappa shape index (κ1) is 8.77. The Kier molecular flexibility index (Phi) is 2.47. The van der Waals surface area contributed by atoms with Crippen LogP contribution in [-0.4, -0.2) is 16.5 Å². The van der Waals surface area contributed by atoms with Crippen molar-refractivity contribution in [1.29, 1.82) is 0 Å². The molecule has 0 bridgehead atoms. The van der Waals surface area contributed by atoms with E-state index in [1.807, 2.05) is 20.0 Å². The van der Waals surface area contributed by atoms with Gasteiger partial charge in [0.15, 0.2) is 0 Å². The van der Waals surface area contributed by atoms with Crippen LogP contribution in [0.15, 0.2) is 6.20 Å². The van der Waals surface area contributed by atoms with Gasteiger partial charge in [0.2, 0.25) is 6.54 Å². The van der Waals surface area contributed by atoms with Crippen LogP contribution in [0.3, 0.4) is 0 Å². The third-order valence-corrected chi connectivity index (χ3v) is 1.98. The molecule has 0 radical (unpaired) electrons. The van der Waals surface area contributed by atoms with Crippen molar-refractivity contribution in [2.24, 2.45) is 0 Å². The molecule has 0 aliphatic carbocycles. The van der Waals surface area contributed by atoms with Gasteiger partial charge in [-0.1, -0.05) is 0 Å². The van der Waals surface area contributed by atoms with Crippen LogP contribution in [0.5, 0.6) is 0 Å². The second kappa shape index (κ2) is 3.38. The Labute approximate surface area is 70.8 Å². The minimum atomic E-state index is -0.286. The number of aromatic nitrogens is 1. The summed E-state index contributed by atoms with van der Waals surface area (Å²) < 4.78 is 0. The van der Waals surface area contributed by atoms with Crippen LogP contribution >= 0.6 is 0 Å². The quantitative estimate of drug-likeness (QED) is 0.548. The molecule has 12 heavy (non-hydrogen) atoms. The maximum Gasteiger partial charge on any atom is 0.207 e. The van der Waals surface area contributed by atoms with Gasteiger partial charge in [-0.3, -0.25) is 10.1 Å². The van der Waals surface area contributed by atoms with Gasteiger partial charge in [0.1, 0.15) is 0 Å². The fraction of sp³-hybridized carbons (Fsp3) is 0.500. The van der Waals surface area contributed by atoms with Crippen molar-refractivity contribution >= 4 is 0 Å². The van der Waals surface area contributed by atoms with Crippen LogP contribution in [0.4, 0.5) is 0 Å². The van der Waals surface area contributed by atoms with Crippen molar-refractivity contribution in [2.75, 3.05) is 6.54 Å². The molecule has 4 heteroatoms. The molecule has 0 saturated heterocycles. The first-order valence-corrected chi connectivity index (χ1v) is 3.86. The molecule has 0 spiro atoms. The normalized spacial score (nSPS) is 10.2. The zero-order valence-electron chi connectivity index (χ0n) is 7.26. The molecule has 4 nitrogen and oxygen atoms in total. The van der Waals surface area contributed by atoms with Crippen molar-refractivity contribution in [3.8, 4) is 0 Å². The molecule has 0 aliphatic rings. The third-order valence-electron chi connectivity index (χ3n) is 1.98. The van der Waals surface area contributed by atoms with Crippen LogP contribution in [-0.2, 0) is 6.42 Å². The van der Waals surface area contributed by atoms with Gasteiger partial charge < -0.3 is 4.98 Å². The molecule has 0 saturated carbocycles. The summed E-state index contributed by atoms with van der Waals surface area (Å²) in [6.45, 7) is 3.90. The topological polar surface area (TPSA) is 58.9 Å². The lowest BCUT2D eigenvalue weighted by Crippen LogP contribution is -2.04. The van der Waals surface area contributed by atoms with E-state index in [2.05, 4.69) is 4.98 Å². The smallest absolute Gasteiger partial charge is 0.207 e. The molecule has 0 fully saturated rings. The fourth-order valence-electron chi connectivity index (χ4n) is 1.27. The number of H-pyrrole nitrogens is 1. The molecule has 0 aliphatic heterocycles. The second-order valence-electron chi connectivity index (χ2n) is 2.88. The van der Waals surface area contributed by atoms with E-state index in [9.17, 15) is 10.1 Å². The number of rotatable bonds is 3. The zero-order chi connectivity index (χ0) is 9.14. The van der Waals surface area contributed by atoms with Gasteiger partial charge >= 0.3 is 0 Å². The molecule has 1 aromatic rings. The van der Waals surface area contributed by atoms with Crippen LogP contribution < -0.4 is 0 Å². The summed E-state index contributed by atoms with van der Waals surface area (Å²) in [4.78, 5) is 12.9. The van der Waals surface area contributed by atoms with E-state index < -0.39 is 0 Å². The molecule has 0 aromatic carbocycles. The lowest BCUT2D eigenvalue weighted by atomic mass is 10.1. The Bertz CT molecular complexity index is 272. The summed E-state index contributed by atoms with van der Waals surface area (Å²) in [5, 5.41) is 10.1. The van der Waals surface area contributed by atoms with Crippen molar-refractivity contribution in [3.05, 3.63) is 33.1 Å². The maximum absolute atomic E-state index is 10.1. The van der Waals surface area contributed by atoms with Crippen molar-refractivity contribution in [1.82, 2.24) is 4.98 Å². The summed E-state index contributed by atoms with van der Waals surface area (Å²) in [7, 11) is 0. The van der Waals surface area contributed by atoms with Gasteiger partial charge in [-0.05, 0) is 25.0 Å². The number of nitrogens with one attached hydrogen (secondary N) is 1. The molecule has 0 atom stereocenters. The lowest BCUT2D eigenvalue weighted by molar-refractivity contribution is -0.479. The highest BCUT2D eigenvalue weighted by molar-refractivity contribution is 5.28. The third kappa shape index (κ3) is 1.84. The highest BCUT2D eigenvalue weighted by Gasteiger charge is 2.06. The van der Waals surface area contributed by atoms with Gasteiger partial charge in [-0.2, -0.15) is 0 Å². The zero-order valence-corrected chi connectivity index (χ0v) is 7.26. The molecule has 1 rings (SSSR count). The Balaban J connectivity index is 2.68. The molecular formula is C8H12N2O2. The van der Waals surface area contributed by atoms with Crippen molar-refractivity contribution in [3.63, 3.8) is 0 Å². The number of hydrogen-bond donors (Lipinski definition) is 1.